The maximum Gasteiger partial charge on any atom is 0.262 e. The Bertz CT molecular complexity index is 1120. The van der Waals surface area contributed by atoms with Crippen LogP contribution in [0, 0.1) is 0 Å². The molecule has 0 atom stereocenters. The van der Waals surface area contributed by atoms with Crippen LogP contribution in [-0.4, -0.2) is 25.0 Å². The van der Waals surface area contributed by atoms with Gasteiger partial charge in [0, 0.05) is 36.3 Å². The van der Waals surface area contributed by atoms with Gasteiger partial charge in [-0.2, -0.15) is 0 Å². The fourth-order valence-corrected chi connectivity index (χ4v) is 3.98. The van der Waals surface area contributed by atoms with Gasteiger partial charge >= 0.3 is 0 Å². The topological polar surface area (TPSA) is 58.6 Å². The van der Waals surface area contributed by atoms with Gasteiger partial charge in [0.2, 0.25) is 5.91 Å². The van der Waals surface area contributed by atoms with E-state index in [9.17, 15) is 9.59 Å². The fraction of sp³-hybridized carbons (Fsp3) is 0.200. The van der Waals surface area contributed by atoms with Crippen molar-refractivity contribution in [2.45, 2.75) is 19.8 Å². The minimum absolute atomic E-state index is 0.0261. The highest BCUT2D eigenvalue weighted by atomic mass is 35.5. The normalized spacial score (nSPS) is 12.4. The Labute approximate surface area is 186 Å². The molecule has 0 fully saturated rings. The average molecular weight is 435 g/mol. The van der Waals surface area contributed by atoms with Crippen LogP contribution in [-0.2, 0) is 22.4 Å². The van der Waals surface area contributed by atoms with Crippen molar-refractivity contribution in [1.29, 1.82) is 0 Å². The van der Waals surface area contributed by atoms with Crippen molar-refractivity contribution in [2.24, 2.45) is 0 Å². The number of halogens is 1. The van der Waals surface area contributed by atoms with E-state index in [0.717, 1.165) is 28.8 Å². The molecule has 1 N–H and O–H groups in total. The van der Waals surface area contributed by atoms with Gasteiger partial charge < -0.3 is 15.0 Å². The molecule has 0 aromatic heterocycles. The number of ether oxygens (including phenoxy) is 1. The molecular formula is C25H23ClN2O3. The Morgan fingerprint density at radius 1 is 1.06 bits per heavy atom. The lowest BCUT2D eigenvalue weighted by Gasteiger charge is -2.15. The van der Waals surface area contributed by atoms with E-state index < -0.39 is 0 Å². The van der Waals surface area contributed by atoms with E-state index in [2.05, 4.69) is 5.32 Å². The van der Waals surface area contributed by atoms with Crippen LogP contribution in [0.1, 0.15) is 23.6 Å². The van der Waals surface area contributed by atoms with E-state index in [-0.39, 0.29) is 18.4 Å². The number of hydrogen-bond acceptors (Lipinski definition) is 3. The highest BCUT2D eigenvalue weighted by molar-refractivity contribution is 6.30. The standard InChI is InChI=1S/C25H23ClN2O3/c1-17(29)28-12-11-19-15-22(8-9-23(19)28)27-25(30)16-31-24-10-7-21(26)14-20(24)13-18-5-3-2-4-6-18/h2-10,14-15H,11-13,16H2,1H3,(H,27,30). The highest BCUT2D eigenvalue weighted by Gasteiger charge is 2.22. The van der Waals surface area contributed by atoms with Crippen LogP contribution in [0.3, 0.4) is 0 Å². The molecule has 31 heavy (non-hydrogen) atoms. The molecule has 0 saturated heterocycles. The summed E-state index contributed by atoms with van der Waals surface area (Å²) < 4.78 is 5.82. The molecule has 0 radical (unpaired) electrons. The number of carbonyl (C=O) groups is 2. The predicted octanol–water partition coefficient (Wildman–Crippen LogP) is 4.86. The maximum absolute atomic E-state index is 12.5. The number of fused-ring (bicyclic) bond motifs is 1. The van der Waals surface area contributed by atoms with Gasteiger partial charge in [-0.3, -0.25) is 9.59 Å². The summed E-state index contributed by atoms with van der Waals surface area (Å²) in [5.41, 5.74) is 4.72. The lowest BCUT2D eigenvalue weighted by atomic mass is 10.0. The van der Waals surface area contributed by atoms with Gasteiger partial charge in [0.25, 0.3) is 5.91 Å². The number of nitrogens with zero attached hydrogens (tertiary/aromatic N) is 1. The molecule has 2 amide bonds. The molecule has 4 rings (SSSR count). The summed E-state index contributed by atoms with van der Waals surface area (Å²) in [4.78, 5) is 25.9. The van der Waals surface area contributed by atoms with Crippen molar-refractivity contribution in [3.63, 3.8) is 0 Å². The molecule has 1 heterocycles. The predicted molar refractivity (Wildman–Crippen MR) is 123 cm³/mol. The summed E-state index contributed by atoms with van der Waals surface area (Å²) in [6.45, 7) is 2.12. The maximum atomic E-state index is 12.5. The van der Waals surface area contributed by atoms with Crippen LogP contribution < -0.4 is 15.0 Å². The smallest absolute Gasteiger partial charge is 0.262 e. The zero-order chi connectivity index (χ0) is 21.8. The van der Waals surface area contributed by atoms with Crippen LogP contribution in [0.4, 0.5) is 11.4 Å². The third kappa shape index (κ3) is 5.06. The first-order chi connectivity index (χ1) is 15.0. The Morgan fingerprint density at radius 3 is 2.65 bits per heavy atom. The summed E-state index contributed by atoms with van der Waals surface area (Å²) in [6, 6.07) is 21.0. The lowest BCUT2D eigenvalue weighted by Crippen LogP contribution is -2.25. The Hall–Kier alpha value is -3.31. The molecule has 3 aromatic rings. The number of carbonyl (C=O) groups excluding carboxylic acids is 2. The van der Waals surface area contributed by atoms with Crippen molar-refractivity contribution in [1.82, 2.24) is 0 Å². The van der Waals surface area contributed by atoms with Gasteiger partial charge in [0.05, 0.1) is 0 Å². The summed E-state index contributed by atoms with van der Waals surface area (Å²) in [6.07, 6.45) is 1.44. The number of benzene rings is 3. The molecular weight excluding hydrogens is 412 g/mol. The average Bonchev–Trinajstić information content (AvgIpc) is 3.17. The van der Waals surface area contributed by atoms with Crippen LogP contribution in [0.25, 0.3) is 0 Å². The van der Waals surface area contributed by atoms with Crippen LogP contribution in [0.5, 0.6) is 5.75 Å². The summed E-state index contributed by atoms with van der Waals surface area (Å²) >= 11 is 6.17. The largest absolute Gasteiger partial charge is 0.483 e. The van der Waals surface area contributed by atoms with Crippen molar-refractivity contribution >= 4 is 34.8 Å². The summed E-state index contributed by atoms with van der Waals surface area (Å²) in [5.74, 6) is 0.412. The molecule has 0 spiro atoms. The summed E-state index contributed by atoms with van der Waals surface area (Å²) in [7, 11) is 0. The number of nitrogens with one attached hydrogen (secondary N) is 1. The van der Waals surface area contributed by atoms with Gasteiger partial charge in [0.1, 0.15) is 5.75 Å². The van der Waals surface area contributed by atoms with Crippen LogP contribution in [0.2, 0.25) is 5.02 Å². The minimum Gasteiger partial charge on any atom is -0.483 e. The molecule has 3 aromatic carbocycles. The van der Waals surface area contributed by atoms with Crippen molar-refractivity contribution in [3.8, 4) is 5.75 Å². The number of anilines is 2. The Morgan fingerprint density at radius 2 is 1.87 bits per heavy atom. The molecule has 1 aliphatic heterocycles. The summed E-state index contributed by atoms with van der Waals surface area (Å²) in [5, 5.41) is 3.50. The monoisotopic (exact) mass is 434 g/mol. The van der Waals surface area contributed by atoms with E-state index >= 15 is 0 Å². The van der Waals surface area contributed by atoms with E-state index in [0.29, 0.717) is 29.4 Å². The van der Waals surface area contributed by atoms with E-state index in [1.54, 1.807) is 30.0 Å². The molecule has 158 valence electrons. The molecule has 0 bridgehead atoms. The van der Waals surface area contributed by atoms with Gasteiger partial charge in [-0.1, -0.05) is 41.9 Å². The van der Waals surface area contributed by atoms with E-state index in [4.69, 9.17) is 16.3 Å². The van der Waals surface area contributed by atoms with Crippen molar-refractivity contribution < 1.29 is 14.3 Å². The zero-order valence-corrected chi connectivity index (χ0v) is 18.0. The molecule has 1 aliphatic rings. The quantitative estimate of drug-likeness (QED) is 0.602. The molecule has 5 nitrogen and oxygen atoms in total. The highest BCUT2D eigenvalue weighted by Crippen LogP contribution is 2.30. The molecule has 0 saturated carbocycles. The van der Waals surface area contributed by atoms with E-state index in [1.165, 1.54) is 0 Å². The van der Waals surface area contributed by atoms with Crippen molar-refractivity contribution in [3.05, 3.63) is 88.4 Å². The third-order valence-corrected chi connectivity index (χ3v) is 5.49. The second-order valence-corrected chi connectivity index (χ2v) is 7.95. The molecule has 6 heteroatoms. The first-order valence-corrected chi connectivity index (χ1v) is 10.5. The van der Waals surface area contributed by atoms with E-state index in [1.807, 2.05) is 48.5 Å². The zero-order valence-electron chi connectivity index (χ0n) is 17.2. The first-order valence-electron chi connectivity index (χ1n) is 10.2. The number of rotatable bonds is 6. The third-order valence-electron chi connectivity index (χ3n) is 5.26. The van der Waals surface area contributed by atoms with Gasteiger partial charge in [0.15, 0.2) is 6.61 Å². The second kappa shape index (κ2) is 9.23. The number of hydrogen-bond donors (Lipinski definition) is 1. The van der Waals surface area contributed by atoms with Gasteiger partial charge in [-0.25, -0.2) is 0 Å². The SMILES string of the molecule is CC(=O)N1CCc2cc(NC(=O)COc3ccc(Cl)cc3Cc3ccccc3)ccc21. The Balaban J connectivity index is 1.40. The van der Waals surface area contributed by atoms with Crippen LogP contribution in [0.15, 0.2) is 66.7 Å². The molecule has 0 unspecified atom stereocenters. The second-order valence-electron chi connectivity index (χ2n) is 7.52. The van der Waals surface area contributed by atoms with Crippen LogP contribution >= 0.6 is 11.6 Å². The molecule has 0 aliphatic carbocycles. The lowest BCUT2D eigenvalue weighted by molar-refractivity contribution is -0.118. The van der Waals surface area contributed by atoms with Crippen molar-refractivity contribution in [2.75, 3.05) is 23.4 Å². The fourth-order valence-electron chi connectivity index (χ4n) is 3.79. The first kappa shape index (κ1) is 20.9. The minimum atomic E-state index is -0.248. The van der Waals surface area contributed by atoms with Gasteiger partial charge in [-0.05, 0) is 59.5 Å². The number of amides is 2. The van der Waals surface area contributed by atoms with Gasteiger partial charge in [-0.15, -0.1) is 0 Å². The Kier molecular flexibility index (Phi) is 6.23.